The summed E-state index contributed by atoms with van der Waals surface area (Å²) in [5.41, 5.74) is 2.39. The minimum absolute atomic E-state index is 0.0907. The van der Waals surface area contributed by atoms with Gasteiger partial charge in [0.25, 0.3) is 0 Å². The Hall–Kier alpha value is -1.31. The number of fused-ring (bicyclic) bond motifs is 1. The molecule has 1 aromatic carbocycles. The zero-order valence-electron chi connectivity index (χ0n) is 13.1. The lowest BCUT2D eigenvalue weighted by atomic mass is 9.82. The molecule has 0 spiro atoms. The second-order valence-electron chi connectivity index (χ2n) is 5.78. The van der Waals surface area contributed by atoms with Crippen LogP contribution in [-0.2, 0) is 4.79 Å². The third-order valence-corrected chi connectivity index (χ3v) is 4.59. The maximum absolute atomic E-state index is 12.8. The van der Waals surface area contributed by atoms with E-state index in [0.29, 0.717) is 11.8 Å². The van der Waals surface area contributed by atoms with Gasteiger partial charge in [-0.3, -0.25) is 4.79 Å². The van der Waals surface area contributed by atoms with E-state index in [1.165, 1.54) is 31.2 Å². The minimum Gasteiger partial charge on any atom is -0.312 e. The lowest BCUT2D eigenvalue weighted by molar-refractivity contribution is -0.120. The van der Waals surface area contributed by atoms with Crippen LogP contribution in [0.4, 0.5) is 5.69 Å². The molecule has 0 bridgehead atoms. The van der Waals surface area contributed by atoms with Gasteiger partial charge in [-0.15, -0.1) is 0 Å². The van der Waals surface area contributed by atoms with Gasteiger partial charge >= 0.3 is 0 Å². The first-order valence-electron chi connectivity index (χ1n) is 8.14. The van der Waals surface area contributed by atoms with Crippen molar-refractivity contribution in [2.45, 2.75) is 58.8 Å². The SMILES string of the molecule is CCCCCC(CC)C1C(=O)N(CC)c2ccccc21. The Kier molecular flexibility index (Phi) is 5.22. The van der Waals surface area contributed by atoms with Crippen molar-refractivity contribution in [3.05, 3.63) is 29.8 Å². The zero-order chi connectivity index (χ0) is 14.5. The van der Waals surface area contributed by atoms with Crippen LogP contribution < -0.4 is 4.90 Å². The molecule has 0 saturated carbocycles. The van der Waals surface area contributed by atoms with Crippen LogP contribution in [0.15, 0.2) is 24.3 Å². The first kappa shape index (κ1) is 15.1. The number of carbonyl (C=O) groups is 1. The van der Waals surface area contributed by atoms with Crippen molar-refractivity contribution in [2.75, 3.05) is 11.4 Å². The molecule has 2 heteroatoms. The van der Waals surface area contributed by atoms with Crippen molar-refractivity contribution >= 4 is 11.6 Å². The van der Waals surface area contributed by atoms with E-state index in [-0.39, 0.29) is 5.92 Å². The molecule has 1 aliphatic rings. The monoisotopic (exact) mass is 273 g/mol. The normalized spacial score (nSPS) is 19.2. The fraction of sp³-hybridized carbons (Fsp3) is 0.611. The van der Waals surface area contributed by atoms with Gasteiger partial charge < -0.3 is 4.90 Å². The van der Waals surface area contributed by atoms with Crippen LogP contribution in [0.3, 0.4) is 0 Å². The lowest BCUT2D eigenvalue weighted by Crippen LogP contribution is -2.31. The van der Waals surface area contributed by atoms with Crippen molar-refractivity contribution in [2.24, 2.45) is 5.92 Å². The first-order valence-corrected chi connectivity index (χ1v) is 8.14. The predicted molar refractivity (Wildman–Crippen MR) is 85.1 cm³/mol. The Morgan fingerprint density at radius 3 is 2.55 bits per heavy atom. The Bertz CT molecular complexity index is 454. The average molecular weight is 273 g/mol. The van der Waals surface area contributed by atoms with Crippen molar-refractivity contribution < 1.29 is 4.79 Å². The van der Waals surface area contributed by atoms with Gasteiger partial charge in [0.2, 0.25) is 5.91 Å². The fourth-order valence-electron chi connectivity index (χ4n) is 3.46. The van der Waals surface area contributed by atoms with Crippen molar-refractivity contribution in [1.29, 1.82) is 0 Å². The summed E-state index contributed by atoms with van der Waals surface area (Å²) in [6.07, 6.45) is 6.02. The molecule has 2 rings (SSSR count). The quantitative estimate of drug-likeness (QED) is 0.657. The molecule has 1 aromatic rings. The summed E-state index contributed by atoms with van der Waals surface area (Å²) in [6, 6.07) is 8.35. The molecule has 110 valence electrons. The van der Waals surface area contributed by atoms with E-state index in [0.717, 1.165) is 18.7 Å². The Labute approximate surface area is 123 Å². The second-order valence-corrected chi connectivity index (χ2v) is 5.78. The minimum atomic E-state index is 0.0907. The number of carbonyl (C=O) groups excluding carboxylic acids is 1. The van der Waals surface area contributed by atoms with E-state index in [9.17, 15) is 4.79 Å². The number of amides is 1. The number of benzene rings is 1. The van der Waals surface area contributed by atoms with Gasteiger partial charge in [-0.25, -0.2) is 0 Å². The highest BCUT2D eigenvalue weighted by Gasteiger charge is 2.39. The number of rotatable bonds is 7. The third kappa shape index (κ3) is 2.74. The molecule has 20 heavy (non-hydrogen) atoms. The molecule has 2 nitrogen and oxygen atoms in total. The molecule has 1 amide bonds. The highest BCUT2D eigenvalue weighted by Crippen LogP contribution is 2.43. The molecule has 1 heterocycles. The lowest BCUT2D eigenvalue weighted by Gasteiger charge is -2.22. The highest BCUT2D eigenvalue weighted by molar-refractivity contribution is 6.05. The predicted octanol–water partition coefficient (Wildman–Crippen LogP) is 4.74. The van der Waals surface area contributed by atoms with Crippen molar-refractivity contribution in [3.63, 3.8) is 0 Å². The Morgan fingerprint density at radius 1 is 1.15 bits per heavy atom. The maximum Gasteiger partial charge on any atom is 0.234 e. The smallest absolute Gasteiger partial charge is 0.234 e. The molecule has 2 unspecified atom stereocenters. The van der Waals surface area contributed by atoms with E-state index in [4.69, 9.17) is 0 Å². The molecule has 0 fully saturated rings. The molecular weight excluding hydrogens is 246 g/mol. The van der Waals surface area contributed by atoms with Gasteiger partial charge in [0.05, 0.1) is 5.92 Å². The second kappa shape index (κ2) is 6.92. The molecule has 0 aliphatic carbocycles. The maximum atomic E-state index is 12.8. The molecule has 0 radical (unpaired) electrons. The fourth-order valence-corrected chi connectivity index (χ4v) is 3.46. The zero-order valence-corrected chi connectivity index (χ0v) is 13.1. The number of hydrogen-bond acceptors (Lipinski definition) is 1. The number of unbranched alkanes of at least 4 members (excludes halogenated alkanes) is 2. The summed E-state index contributed by atoms with van der Waals surface area (Å²) in [5, 5.41) is 0. The molecule has 0 saturated heterocycles. The summed E-state index contributed by atoms with van der Waals surface area (Å²) < 4.78 is 0. The third-order valence-electron chi connectivity index (χ3n) is 4.59. The Balaban J connectivity index is 2.24. The summed E-state index contributed by atoms with van der Waals surface area (Å²) in [4.78, 5) is 14.7. The van der Waals surface area contributed by atoms with Gasteiger partial charge in [-0.2, -0.15) is 0 Å². The summed E-state index contributed by atoms with van der Waals surface area (Å²) in [7, 11) is 0. The number of likely N-dealkylation sites (N-methyl/N-ethyl adjacent to an activating group) is 1. The summed E-state index contributed by atoms with van der Waals surface area (Å²) >= 11 is 0. The van der Waals surface area contributed by atoms with Crippen LogP contribution in [0, 0.1) is 5.92 Å². The first-order chi connectivity index (χ1) is 9.74. The largest absolute Gasteiger partial charge is 0.312 e. The number of para-hydroxylation sites is 1. The van der Waals surface area contributed by atoms with Crippen LogP contribution >= 0.6 is 0 Å². The van der Waals surface area contributed by atoms with Crippen LogP contribution in [-0.4, -0.2) is 12.5 Å². The standard InChI is InChI=1S/C18H27NO/c1-4-7-8-11-14(5-2)17-15-12-9-10-13-16(15)19(6-3)18(17)20/h9-10,12-14,17H,4-8,11H2,1-3H3. The van der Waals surface area contributed by atoms with Crippen molar-refractivity contribution in [1.82, 2.24) is 0 Å². The topological polar surface area (TPSA) is 20.3 Å². The summed E-state index contributed by atoms with van der Waals surface area (Å²) in [5.74, 6) is 0.900. The average Bonchev–Trinajstić information content (AvgIpc) is 2.76. The molecule has 0 aromatic heterocycles. The Morgan fingerprint density at radius 2 is 1.90 bits per heavy atom. The van der Waals surface area contributed by atoms with Crippen LogP contribution in [0.5, 0.6) is 0 Å². The van der Waals surface area contributed by atoms with E-state index in [1.807, 2.05) is 11.0 Å². The van der Waals surface area contributed by atoms with Gasteiger partial charge in [-0.1, -0.05) is 57.7 Å². The molecular formula is C18H27NO. The molecule has 0 N–H and O–H groups in total. The van der Waals surface area contributed by atoms with Gasteiger partial charge in [0.15, 0.2) is 0 Å². The van der Waals surface area contributed by atoms with Crippen LogP contribution in [0.25, 0.3) is 0 Å². The molecule has 1 aliphatic heterocycles. The number of nitrogens with zero attached hydrogens (tertiary/aromatic N) is 1. The van der Waals surface area contributed by atoms with E-state index < -0.39 is 0 Å². The van der Waals surface area contributed by atoms with Crippen LogP contribution in [0.2, 0.25) is 0 Å². The highest BCUT2D eigenvalue weighted by atomic mass is 16.2. The molecule has 2 atom stereocenters. The van der Waals surface area contributed by atoms with Gasteiger partial charge in [0.1, 0.15) is 0 Å². The summed E-state index contributed by atoms with van der Waals surface area (Å²) in [6.45, 7) is 7.30. The van der Waals surface area contributed by atoms with Crippen molar-refractivity contribution in [3.8, 4) is 0 Å². The van der Waals surface area contributed by atoms with E-state index in [2.05, 4.69) is 39.0 Å². The van der Waals surface area contributed by atoms with Crippen LogP contribution in [0.1, 0.15) is 64.4 Å². The number of hydrogen-bond donors (Lipinski definition) is 0. The van der Waals surface area contributed by atoms with E-state index in [1.54, 1.807) is 0 Å². The number of anilines is 1. The van der Waals surface area contributed by atoms with Gasteiger partial charge in [0, 0.05) is 12.2 Å². The van der Waals surface area contributed by atoms with Gasteiger partial charge in [-0.05, 0) is 30.9 Å². The van der Waals surface area contributed by atoms with E-state index >= 15 is 0 Å².